The Balaban J connectivity index is 1.85. The van der Waals surface area contributed by atoms with E-state index < -0.39 is 40.7 Å². The Hall–Kier alpha value is -2.97. The fourth-order valence-corrected chi connectivity index (χ4v) is 7.02. The molecule has 0 saturated carbocycles. The molecule has 1 spiro atoms. The standard InChI is InChI=1S/C31H43N3O5/c1-8-18-32(22-14-12-11-13-15-22)26(36)23-24-27(37)34(21(10-3)20-35)25(31(24)17-16-30(23,7)39-31)28(38)33(19-9-2)29(4,5)6/h8-9,11-15,21,23-25,35H,1-2,10,16-20H2,3-7H3/t21-,23-,24-,25?,30+,31?/m0/s1. The number of carbonyl (C=O) groups is 3. The van der Waals surface area contributed by atoms with Crippen LogP contribution in [-0.4, -0.2) is 81.1 Å². The molecular weight excluding hydrogens is 494 g/mol. The van der Waals surface area contributed by atoms with E-state index in [4.69, 9.17) is 4.74 Å². The van der Waals surface area contributed by atoms with E-state index in [1.807, 2.05) is 65.0 Å². The van der Waals surface area contributed by atoms with Gasteiger partial charge in [-0.3, -0.25) is 14.4 Å². The Labute approximate surface area is 232 Å². The Morgan fingerprint density at radius 3 is 2.33 bits per heavy atom. The van der Waals surface area contributed by atoms with Gasteiger partial charge in [0.1, 0.15) is 11.6 Å². The normalized spacial score (nSPS) is 30.2. The highest BCUT2D eigenvalue weighted by molar-refractivity contribution is 6.03. The van der Waals surface area contributed by atoms with E-state index in [1.54, 1.807) is 26.9 Å². The summed E-state index contributed by atoms with van der Waals surface area (Å²) < 4.78 is 6.79. The average Bonchev–Trinajstić information content (AvgIpc) is 3.47. The van der Waals surface area contributed by atoms with Crippen molar-refractivity contribution in [1.82, 2.24) is 9.80 Å². The van der Waals surface area contributed by atoms with Crippen LogP contribution < -0.4 is 4.90 Å². The smallest absolute Gasteiger partial charge is 0.249 e. The van der Waals surface area contributed by atoms with Gasteiger partial charge >= 0.3 is 0 Å². The van der Waals surface area contributed by atoms with E-state index in [0.717, 1.165) is 0 Å². The van der Waals surface area contributed by atoms with Crippen LogP contribution in [0, 0.1) is 11.8 Å². The molecule has 3 fully saturated rings. The van der Waals surface area contributed by atoms with Gasteiger partial charge in [-0.05, 0) is 59.1 Å². The summed E-state index contributed by atoms with van der Waals surface area (Å²) >= 11 is 0. The van der Waals surface area contributed by atoms with Crippen molar-refractivity contribution in [3.63, 3.8) is 0 Å². The van der Waals surface area contributed by atoms with Crippen molar-refractivity contribution >= 4 is 23.4 Å². The third kappa shape index (κ3) is 4.51. The molecule has 1 N–H and O–H groups in total. The summed E-state index contributed by atoms with van der Waals surface area (Å²) in [4.78, 5) is 48.1. The minimum absolute atomic E-state index is 0.215. The predicted octanol–water partition coefficient (Wildman–Crippen LogP) is 3.55. The van der Waals surface area contributed by atoms with Crippen LogP contribution in [0.1, 0.15) is 53.9 Å². The molecule has 2 bridgehead atoms. The minimum Gasteiger partial charge on any atom is -0.394 e. The SMILES string of the molecule is C=CCN(C(=O)[C@@H]1[C@H]2C(=O)N([C@@H](CC)CO)C(C(=O)N(CC=C)C(C)(C)C)C23CC[C@@]1(C)O3)c1ccccc1. The van der Waals surface area contributed by atoms with Gasteiger partial charge < -0.3 is 24.5 Å². The van der Waals surface area contributed by atoms with Crippen molar-refractivity contribution in [1.29, 1.82) is 0 Å². The van der Waals surface area contributed by atoms with E-state index in [1.165, 1.54) is 0 Å². The quantitative estimate of drug-likeness (QED) is 0.461. The van der Waals surface area contributed by atoms with Crippen molar-refractivity contribution in [2.75, 3.05) is 24.6 Å². The van der Waals surface area contributed by atoms with Crippen molar-refractivity contribution in [3.05, 3.63) is 55.6 Å². The van der Waals surface area contributed by atoms with Crippen molar-refractivity contribution in [2.24, 2.45) is 11.8 Å². The zero-order valence-corrected chi connectivity index (χ0v) is 23.9. The molecule has 8 heteroatoms. The number of para-hydroxylation sites is 1. The maximum atomic E-state index is 14.5. The van der Waals surface area contributed by atoms with Gasteiger partial charge in [0.25, 0.3) is 0 Å². The van der Waals surface area contributed by atoms with Gasteiger partial charge in [-0.15, -0.1) is 13.2 Å². The van der Waals surface area contributed by atoms with Crippen molar-refractivity contribution in [3.8, 4) is 0 Å². The zero-order valence-electron chi connectivity index (χ0n) is 23.9. The lowest BCUT2D eigenvalue weighted by molar-refractivity contribution is -0.157. The van der Waals surface area contributed by atoms with Gasteiger partial charge in [0, 0.05) is 24.3 Å². The van der Waals surface area contributed by atoms with E-state index in [9.17, 15) is 19.5 Å². The summed E-state index contributed by atoms with van der Waals surface area (Å²) in [5, 5.41) is 10.3. The van der Waals surface area contributed by atoms with Crippen LogP contribution in [0.4, 0.5) is 5.69 Å². The van der Waals surface area contributed by atoms with E-state index >= 15 is 0 Å². The first-order chi connectivity index (χ1) is 18.4. The molecule has 3 aliphatic rings. The van der Waals surface area contributed by atoms with Gasteiger partial charge in [-0.1, -0.05) is 37.3 Å². The molecule has 0 aliphatic carbocycles. The van der Waals surface area contributed by atoms with Gasteiger partial charge in [-0.25, -0.2) is 0 Å². The van der Waals surface area contributed by atoms with Crippen molar-refractivity contribution in [2.45, 2.75) is 82.7 Å². The molecule has 39 heavy (non-hydrogen) atoms. The number of benzene rings is 1. The van der Waals surface area contributed by atoms with Crippen molar-refractivity contribution < 1.29 is 24.2 Å². The number of aliphatic hydroxyl groups excluding tert-OH is 1. The monoisotopic (exact) mass is 537 g/mol. The Bertz CT molecular complexity index is 1130. The molecule has 0 radical (unpaired) electrons. The van der Waals surface area contributed by atoms with Crippen LogP contribution >= 0.6 is 0 Å². The first-order valence-electron chi connectivity index (χ1n) is 13.9. The molecule has 8 nitrogen and oxygen atoms in total. The molecule has 3 aliphatic heterocycles. The van der Waals surface area contributed by atoms with Crippen LogP contribution in [0.25, 0.3) is 0 Å². The molecule has 3 saturated heterocycles. The molecule has 4 rings (SSSR count). The lowest BCUT2D eigenvalue weighted by Gasteiger charge is -2.43. The molecule has 1 aromatic carbocycles. The molecule has 212 valence electrons. The van der Waals surface area contributed by atoms with E-state index in [0.29, 0.717) is 31.5 Å². The third-order valence-corrected chi connectivity index (χ3v) is 8.82. The lowest BCUT2D eigenvalue weighted by Crippen LogP contribution is -2.61. The number of ether oxygens (including phenoxy) is 1. The molecule has 1 aromatic rings. The maximum absolute atomic E-state index is 14.5. The highest BCUT2D eigenvalue weighted by Crippen LogP contribution is 2.64. The summed E-state index contributed by atoms with van der Waals surface area (Å²) in [5.41, 5.74) is -1.89. The number of aliphatic hydroxyl groups is 1. The molecule has 0 aromatic heterocycles. The molecule has 3 amide bonds. The number of hydrogen-bond acceptors (Lipinski definition) is 5. The topological polar surface area (TPSA) is 90.4 Å². The largest absolute Gasteiger partial charge is 0.394 e. The molecule has 2 unspecified atom stereocenters. The lowest BCUT2D eigenvalue weighted by atomic mass is 9.66. The van der Waals surface area contributed by atoms with Gasteiger partial charge in [0.05, 0.1) is 30.1 Å². The van der Waals surface area contributed by atoms with Crippen LogP contribution in [0.2, 0.25) is 0 Å². The number of carbonyl (C=O) groups excluding carboxylic acids is 3. The molecular formula is C31H43N3O5. The number of nitrogens with zero attached hydrogens (tertiary/aromatic N) is 3. The number of fused-ring (bicyclic) bond motifs is 1. The van der Waals surface area contributed by atoms with E-state index in [2.05, 4.69) is 13.2 Å². The third-order valence-electron chi connectivity index (χ3n) is 8.82. The minimum atomic E-state index is -1.16. The first-order valence-corrected chi connectivity index (χ1v) is 13.9. The Morgan fingerprint density at radius 1 is 1.15 bits per heavy atom. The number of amides is 3. The molecule has 6 atom stereocenters. The zero-order chi connectivity index (χ0) is 28.8. The summed E-state index contributed by atoms with van der Waals surface area (Å²) in [7, 11) is 0. The van der Waals surface area contributed by atoms with Gasteiger partial charge in [-0.2, -0.15) is 0 Å². The summed E-state index contributed by atoms with van der Waals surface area (Å²) in [6, 6.07) is 7.82. The fourth-order valence-electron chi connectivity index (χ4n) is 7.02. The molecule has 3 heterocycles. The first kappa shape index (κ1) is 29.0. The highest BCUT2D eigenvalue weighted by atomic mass is 16.5. The van der Waals surface area contributed by atoms with Crippen LogP contribution in [0.15, 0.2) is 55.6 Å². The van der Waals surface area contributed by atoms with Gasteiger partial charge in [0.15, 0.2) is 0 Å². The number of likely N-dealkylation sites (tertiary alicyclic amines) is 1. The summed E-state index contributed by atoms with van der Waals surface area (Å²) in [5.74, 6) is -2.37. The number of hydrogen-bond donors (Lipinski definition) is 1. The van der Waals surface area contributed by atoms with Crippen LogP contribution in [0.5, 0.6) is 0 Å². The summed E-state index contributed by atoms with van der Waals surface area (Å²) in [6.07, 6.45) is 4.85. The maximum Gasteiger partial charge on any atom is 0.249 e. The second kappa shape index (κ2) is 10.5. The summed E-state index contributed by atoms with van der Waals surface area (Å²) in [6.45, 7) is 17.6. The van der Waals surface area contributed by atoms with Crippen LogP contribution in [0.3, 0.4) is 0 Å². The number of rotatable bonds is 10. The van der Waals surface area contributed by atoms with E-state index in [-0.39, 0.29) is 30.9 Å². The van der Waals surface area contributed by atoms with Gasteiger partial charge in [0.2, 0.25) is 17.7 Å². The predicted molar refractivity (Wildman–Crippen MR) is 151 cm³/mol. The van der Waals surface area contributed by atoms with Crippen LogP contribution in [-0.2, 0) is 19.1 Å². The Kier molecular flexibility index (Phi) is 7.85. The second-order valence-electron chi connectivity index (χ2n) is 12.2. The Morgan fingerprint density at radius 2 is 1.79 bits per heavy atom. The second-order valence-corrected chi connectivity index (χ2v) is 12.2. The average molecular weight is 538 g/mol. The number of anilines is 1. The fraction of sp³-hybridized carbons (Fsp3) is 0.581. The highest BCUT2D eigenvalue weighted by Gasteiger charge is 2.79.